The summed E-state index contributed by atoms with van der Waals surface area (Å²) in [6, 6.07) is 6.50. The first-order valence-corrected chi connectivity index (χ1v) is 7.36. The van der Waals surface area contributed by atoms with Gasteiger partial charge in [-0.3, -0.25) is 0 Å². The van der Waals surface area contributed by atoms with Crippen molar-refractivity contribution in [3.05, 3.63) is 35.3 Å². The van der Waals surface area contributed by atoms with E-state index >= 15 is 0 Å². The lowest BCUT2D eigenvalue weighted by Gasteiger charge is -2.03. The van der Waals surface area contributed by atoms with E-state index in [1.165, 1.54) is 28.9 Å². The summed E-state index contributed by atoms with van der Waals surface area (Å²) >= 11 is 0. The van der Waals surface area contributed by atoms with Gasteiger partial charge >= 0.3 is 0 Å². The van der Waals surface area contributed by atoms with Crippen LogP contribution < -0.4 is 10.1 Å². The van der Waals surface area contributed by atoms with Crippen molar-refractivity contribution < 1.29 is 4.74 Å². The van der Waals surface area contributed by atoms with Crippen LogP contribution in [0.2, 0.25) is 0 Å². The van der Waals surface area contributed by atoms with Crippen LogP contribution in [0.25, 0.3) is 11.3 Å². The fraction of sp³-hybridized carbons (Fsp3) is 0.438. The first-order chi connectivity index (χ1) is 9.86. The molecule has 0 fully saturated rings. The highest BCUT2D eigenvalue weighted by Crippen LogP contribution is 2.34. The number of imidazole rings is 1. The van der Waals surface area contributed by atoms with E-state index < -0.39 is 0 Å². The predicted molar refractivity (Wildman–Crippen MR) is 77.9 cm³/mol. The highest BCUT2D eigenvalue weighted by atomic mass is 16.5. The van der Waals surface area contributed by atoms with Crippen molar-refractivity contribution in [3.8, 4) is 17.0 Å². The first-order valence-electron chi connectivity index (χ1n) is 7.36. The Labute approximate surface area is 118 Å². The van der Waals surface area contributed by atoms with Gasteiger partial charge in [0.25, 0.3) is 0 Å². The largest absolute Gasteiger partial charge is 0.493 e. The van der Waals surface area contributed by atoms with E-state index in [0.29, 0.717) is 0 Å². The minimum atomic E-state index is 0.811. The third-order valence-electron chi connectivity index (χ3n) is 4.24. The van der Waals surface area contributed by atoms with Crippen LogP contribution in [0.5, 0.6) is 5.75 Å². The quantitative estimate of drug-likeness (QED) is 0.928. The summed E-state index contributed by atoms with van der Waals surface area (Å²) in [4.78, 5) is 4.88. The highest BCUT2D eigenvalue weighted by molar-refractivity contribution is 5.66. The molecule has 1 aromatic carbocycles. The number of hydrogen-bond donors (Lipinski definition) is 1. The minimum absolute atomic E-state index is 0.811. The summed E-state index contributed by atoms with van der Waals surface area (Å²) in [6.45, 7) is 2.75. The molecule has 0 unspecified atom stereocenters. The Morgan fingerprint density at radius 1 is 1.35 bits per heavy atom. The number of hydrogen-bond acceptors (Lipinski definition) is 3. The third kappa shape index (κ3) is 1.75. The normalized spacial score (nSPS) is 16.1. The maximum absolute atomic E-state index is 5.59. The number of benzene rings is 1. The van der Waals surface area contributed by atoms with Crippen LogP contribution in [-0.4, -0.2) is 23.2 Å². The maximum atomic E-state index is 5.59. The number of rotatable bonds is 3. The van der Waals surface area contributed by atoms with Crippen LogP contribution in [0.3, 0.4) is 0 Å². The molecule has 0 saturated carbocycles. The zero-order chi connectivity index (χ0) is 13.5. The molecule has 2 aromatic rings. The fourth-order valence-electron chi connectivity index (χ4n) is 3.32. The molecule has 2 aliphatic rings. The SMILES string of the molecule is CNCc1nc(-c2ccc3c(c2)CCO3)c2n1CCC2. The second-order valence-corrected chi connectivity index (χ2v) is 5.53. The van der Waals surface area contributed by atoms with E-state index in [0.717, 1.165) is 44.1 Å². The van der Waals surface area contributed by atoms with Crippen LogP contribution in [0.4, 0.5) is 0 Å². The van der Waals surface area contributed by atoms with Gasteiger partial charge in [0.1, 0.15) is 11.6 Å². The van der Waals surface area contributed by atoms with Crippen molar-refractivity contribution in [2.75, 3.05) is 13.7 Å². The standard InChI is InChI=1S/C16H19N3O/c1-17-10-15-18-16(13-3-2-7-19(13)15)12-4-5-14-11(9-12)6-8-20-14/h4-5,9,17H,2-3,6-8,10H2,1H3. The Morgan fingerprint density at radius 3 is 3.20 bits per heavy atom. The van der Waals surface area contributed by atoms with Gasteiger partial charge < -0.3 is 14.6 Å². The molecule has 2 aliphatic heterocycles. The summed E-state index contributed by atoms with van der Waals surface area (Å²) in [5.41, 5.74) is 5.12. The summed E-state index contributed by atoms with van der Waals surface area (Å²) < 4.78 is 7.97. The summed E-state index contributed by atoms with van der Waals surface area (Å²) in [5.74, 6) is 2.20. The van der Waals surface area contributed by atoms with Gasteiger partial charge in [-0.2, -0.15) is 0 Å². The average Bonchev–Trinajstić information content (AvgIpc) is 3.14. The molecule has 0 atom stereocenters. The molecule has 1 aromatic heterocycles. The van der Waals surface area contributed by atoms with Gasteiger partial charge in [0.05, 0.1) is 18.8 Å². The number of nitrogens with zero attached hydrogens (tertiary/aromatic N) is 2. The lowest BCUT2D eigenvalue weighted by Crippen LogP contribution is -2.11. The molecule has 4 nitrogen and oxygen atoms in total. The molecule has 0 radical (unpaired) electrons. The first kappa shape index (κ1) is 12.0. The van der Waals surface area contributed by atoms with Crippen molar-refractivity contribution in [1.82, 2.24) is 14.9 Å². The van der Waals surface area contributed by atoms with E-state index in [1.54, 1.807) is 0 Å². The summed E-state index contributed by atoms with van der Waals surface area (Å²) in [7, 11) is 1.98. The molecule has 0 saturated heterocycles. The Morgan fingerprint density at radius 2 is 2.30 bits per heavy atom. The van der Waals surface area contributed by atoms with Crippen LogP contribution in [0.15, 0.2) is 18.2 Å². The van der Waals surface area contributed by atoms with E-state index in [2.05, 4.69) is 28.1 Å². The number of aromatic nitrogens is 2. The monoisotopic (exact) mass is 269 g/mol. The molecule has 0 aliphatic carbocycles. The molecular weight excluding hydrogens is 250 g/mol. The van der Waals surface area contributed by atoms with Crippen LogP contribution in [-0.2, 0) is 25.9 Å². The number of nitrogens with one attached hydrogen (secondary N) is 1. The summed E-state index contributed by atoms with van der Waals surface area (Å²) in [6.07, 6.45) is 3.39. The molecule has 3 heterocycles. The van der Waals surface area contributed by atoms with Gasteiger partial charge in [0.2, 0.25) is 0 Å². The van der Waals surface area contributed by atoms with Gasteiger partial charge in [-0.25, -0.2) is 4.98 Å². The maximum Gasteiger partial charge on any atom is 0.123 e. The smallest absolute Gasteiger partial charge is 0.123 e. The zero-order valence-corrected chi connectivity index (χ0v) is 11.8. The van der Waals surface area contributed by atoms with Gasteiger partial charge in [-0.1, -0.05) is 0 Å². The Kier molecular flexibility index (Phi) is 2.77. The fourth-order valence-corrected chi connectivity index (χ4v) is 3.32. The van der Waals surface area contributed by atoms with Gasteiger partial charge in [0.15, 0.2) is 0 Å². The summed E-state index contributed by atoms with van der Waals surface area (Å²) in [5, 5.41) is 3.22. The van der Waals surface area contributed by atoms with E-state index in [1.807, 2.05) is 7.05 Å². The Balaban J connectivity index is 1.80. The van der Waals surface area contributed by atoms with Gasteiger partial charge in [-0.05, 0) is 43.7 Å². The second kappa shape index (κ2) is 4.63. The van der Waals surface area contributed by atoms with E-state index in [9.17, 15) is 0 Å². The van der Waals surface area contributed by atoms with Crippen LogP contribution in [0.1, 0.15) is 23.5 Å². The minimum Gasteiger partial charge on any atom is -0.493 e. The van der Waals surface area contributed by atoms with Gasteiger partial charge in [-0.15, -0.1) is 0 Å². The molecule has 20 heavy (non-hydrogen) atoms. The molecular formula is C16H19N3O. The predicted octanol–water partition coefficient (Wildman–Crippen LogP) is 2.15. The van der Waals surface area contributed by atoms with E-state index in [4.69, 9.17) is 9.72 Å². The molecule has 4 heteroatoms. The van der Waals surface area contributed by atoms with Crippen LogP contribution in [0, 0.1) is 0 Å². The molecule has 1 N–H and O–H groups in total. The Hall–Kier alpha value is -1.81. The van der Waals surface area contributed by atoms with Crippen molar-refractivity contribution in [2.24, 2.45) is 0 Å². The number of ether oxygens (including phenoxy) is 1. The van der Waals surface area contributed by atoms with E-state index in [-0.39, 0.29) is 0 Å². The van der Waals surface area contributed by atoms with Crippen molar-refractivity contribution in [2.45, 2.75) is 32.4 Å². The molecule has 0 amide bonds. The lowest BCUT2D eigenvalue weighted by molar-refractivity contribution is 0.357. The van der Waals surface area contributed by atoms with Gasteiger partial charge in [0, 0.05) is 24.2 Å². The molecule has 0 spiro atoms. The molecule has 104 valence electrons. The van der Waals surface area contributed by atoms with Crippen molar-refractivity contribution in [1.29, 1.82) is 0 Å². The van der Waals surface area contributed by atoms with Crippen molar-refractivity contribution >= 4 is 0 Å². The second-order valence-electron chi connectivity index (χ2n) is 5.53. The van der Waals surface area contributed by atoms with Crippen LogP contribution >= 0.6 is 0 Å². The average molecular weight is 269 g/mol. The molecule has 0 bridgehead atoms. The topological polar surface area (TPSA) is 39.1 Å². The Bertz CT molecular complexity index is 660. The number of fused-ring (bicyclic) bond motifs is 2. The zero-order valence-electron chi connectivity index (χ0n) is 11.8. The molecule has 4 rings (SSSR count). The third-order valence-corrected chi connectivity index (χ3v) is 4.24. The lowest BCUT2D eigenvalue weighted by atomic mass is 10.0. The van der Waals surface area contributed by atoms with Crippen molar-refractivity contribution in [3.63, 3.8) is 0 Å². The highest BCUT2D eigenvalue weighted by Gasteiger charge is 2.23.